The lowest BCUT2D eigenvalue weighted by atomic mass is 10.3. The first-order valence-electron chi connectivity index (χ1n) is 5.64. The van der Waals surface area contributed by atoms with Gasteiger partial charge in [-0.15, -0.1) is 0 Å². The Morgan fingerprint density at radius 1 is 1.40 bits per heavy atom. The quantitative estimate of drug-likeness (QED) is 0.899. The second-order valence-electron chi connectivity index (χ2n) is 3.96. The number of nitrogens with two attached hydrogens (primary N) is 1. The van der Waals surface area contributed by atoms with Crippen molar-refractivity contribution in [3.63, 3.8) is 0 Å². The summed E-state index contributed by atoms with van der Waals surface area (Å²) in [5.41, 5.74) is 5.80. The maximum absolute atomic E-state index is 12.3. The van der Waals surface area contributed by atoms with Crippen molar-refractivity contribution in [2.75, 3.05) is 10.5 Å². The van der Waals surface area contributed by atoms with Crippen molar-refractivity contribution in [2.45, 2.75) is 18.4 Å². The number of hydrogen-bond donors (Lipinski definition) is 2. The Labute approximate surface area is 126 Å². The van der Waals surface area contributed by atoms with Gasteiger partial charge >= 0.3 is 0 Å². The number of aryl methyl sites for hydroxylation is 1. The molecule has 0 aliphatic rings. The van der Waals surface area contributed by atoms with Crippen LogP contribution in [0.25, 0.3) is 0 Å². The van der Waals surface area contributed by atoms with Gasteiger partial charge in [-0.1, -0.05) is 23.2 Å². The van der Waals surface area contributed by atoms with Gasteiger partial charge < -0.3 is 5.73 Å². The van der Waals surface area contributed by atoms with Crippen LogP contribution < -0.4 is 10.5 Å². The van der Waals surface area contributed by atoms with E-state index in [0.29, 0.717) is 11.6 Å². The van der Waals surface area contributed by atoms with E-state index >= 15 is 0 Å². The van der Waals surface area contributed by atoms with Gasteiger partial charge in [-0.2, -0.15) is 5.10 Å². The van der Waals surface area contributed by atoms with E-state index in [-0.39, 0.29) is 21.4 Å². The van der Waals surface area contributed by atoms with Crippen molar-refractivity contribution in [1.29, 1.82) is 0 Å². The molecule has 0 radical (unpaired) electrons. The number of benzene rings is 1. The minimum absolute atomic E-state index is 0.0718. The molecule has 0 saturated heterocycles. The average Bonchev–Trinajstić information content (AvgIpc) is 2.76. The van der Waals surface area contributed by atoms with Gasteiger partial charge in [0.2, 0.25) is 0 Å². The van der Waals surface area contributed by atoms with Crippen LogP contribution in [0.15, 0.2) is 29.3 Å². The van der Waals surface area contributed by atoms with Crippen LogP contribution in [0.5, 0.6) is 0 Å². The van der Waals surface area contributed by atoms with Crippen LogP contribution in [-0.4, -0.2) is 18.2 Å². The first kappa shape index (κ1) is 15.0. The molecule has 1 aromatic heterocycles. The van der Waals surface area contributed by atoms with Gasteiger partial charge in [0.1, 0.15) is 4.90 Å². The molecule has 1 aromatic carbocycles. The molecule has 1 heterocycles. The smallest absolute Gasteiger partial charge is 0.267 e. The monoisotopic (exact) mass is 334 g/mol. The molecule has 3 N–H and O–H groups in total. The van der Waals surface area contributed by atoms with Crippen LogP contribution in [0.2, 0.25) is 10.0 Å². The van der Waals surface area contributed by atoms with Gasteiger partial charge in [-0.3, -0.25) is 9.40 Å². The third kappa shape index (κ3) is 3.00. The third-order valence-electron chi connectivity index (χ3n) is 2.54. The number of rotatable bonds is 4. The van der Waals surface area contributed by atoms with Crippen LogP contribution in [0.3, 0.4) is 0 Å². The summed E-state index contributed by atoms with van der Waals surface area (Å²) in [4.78, 5) is -0.101. The Morgan fingerprint density at radius 3 is 2.70 bits per heavy atom. The van der Waals surface area contributed by atoms with E-state index in [1.54, 1.807) is 6.07 Å². The minimum Gasteiger partial charge on any atom is -0.381 e. The number of halogens is 2. The van der Waals surface area contributed by atoms with E-state index in [0.717, 1.165) is 0 Å². The van der Waals surface area contributed by atoms with Crippen molar-refractivity contribution >= 4 is 44.7 Å². The molecule has 0 aliphatic heterocycles. The molecule has 6 nitrogen and oxygen atoms in total. The van der Waals surface area contributed by atoms with Crippen molar-refractivity contribution in [3.8, 4) is 0 Å². The number of nitrogen functional groups attached to an aromatic ring is 1. The second-order valence-corrected chi connectivity index (χ2v) is 6.46. The fourth-order valence-corrected chi connectivity index (χ4v) is 3.10. The van der Waals surface area contributed by atoms with E-state index in [9.17, 15) is 8.42 Å². The highest BCUT2D eigenvalue weighted by molar-refractivity contribution is 7.92. The zero-order valence-corrected chi connectivity index (χ0v) is 12.8. The van der Waals surface area contributed by atoms with E-state index in [1.165, 1.54) is 23.0 Å². The van der Waals surface area contributed by atoms with Crippen molar-refractivity contribution in [1.82, 2.24) is 9.78 Å². The first-order valence-corrected chi connectivity index (χ1v) is 7.88. The number of hydrogen-bond acceptors (Lipinski definition) is 4. The van der Waals surface area contributed by atoms with Crippen LogP contribution in [0, 0.1) is 0 Å². The van der Waals surface area contributed by atoms with E-state index in [1.807, 2.05) is 6.92 Å². The molecule has 0 aliphatic carbocycles. The molecular weight excluding hydrogens is 323 g/mol. The summed E-state index contributed by atoms with van der Waals surface area (Å²) < 4.78 is 28.3. The van der Waals surface area contributed by atoms with Crippen LogP contribution in [0.1, 0.15) is 6.92 Å². The Balaban J connectivity index is 2.40. The fourth-order valence-electron chi connectivity index (χ4n) is 1.56. The lowest BCUT2D eigenvalue weighted by molar-refractivity contribution is 0.600. The summed E-state index contributed by atoms with van der Waals surface area (Å²) in [6, 6.07) is 4.48. The minimum atomic E-state index is -3.87. The lowest BCUT2D eigenvalue weighted by Gasteiger charge is -2.08. The van der Waals surface area contributed by atoms with E-state index in [2.05, 4.69) is 9.82 Å². The molecule has 0 amide bonds. The number of nitrogens with one attached hydrogen (secondary N) is 1. The Kier molecular flexibility index (Phi) is 4.12. The summed E-state index contributed by atoms with van der Waals surface area (Å²) in [5, 5.41) is 4.49. The van der Waals surface area contributed by atoms with Crippen molar-refractivity contribution in [2.24, 2.45) is 0 Å². The normalized spacial score (nSPS) is 11.6. The van der Waals surface area contributed by atoms with E-state index in [4.69, 9.17) is 28.9 Å². The van der Waals surface area contributed by atoms with Gasteiger partial charge in [0.05, 0.1) is 10.7 Å². The molecule has 0 atom stereocenters. The van der Waals surface area contributed by atoms with Crippen molar-refractivity contribution in [3.05, 3.63) is 34.4 Å². The molecule has 2 rings (SSSR count). The van der Waals surface area contributed by atoms with Gasteiger partial charge in [-0.25, -0.2) is 8.42 Å². The molecule has 108 valence electrons. The number of aromatic nitrogens is 2. The molecule has 0 bridgehead atoms. The summed E-state index contributed by atoms with van der Waals surface area (Å²) >= 11 is 11.7. The molecule has 0 unspecified atom stereocenters. The maximum Gasteiger partial charge on any atom is 0.267 e. The average molecular weight is 335 g/mol. The third-order valence-corrected chi connectivity index (χ3v) is 4.49. The molecule has 0 fully saturated rings. The number of sulfonamides is 1. The summed E-state index contributed by atoms with van der Waals surface area (Å²) in [7, 11) is -3.87. The number of nitrogens with zero attached hydrogens (tertiary/aromatic N) is 2. The highest BCUT2D eigenvalue weighted by Gasteiger charge is 2.22. The fraction of sp³-hybridized carbons (Fsp3) is 0.182. The Hall–Kier alpha value is -1.44. The molecule has 9 heteroatoms. The predicted octanol–water partition coefficient (Wildman–Crippen LogP) is 2.59. The second kappa shape index (κ2) is 5.51. The Morgan fingerprint density at radius 2 is 2.10 bits per heavy atom. The van der Waals surface area contributed by atoms with Crippen LogP contribution >= 0.6 is 23.2 Å². The number of anilines is 2. The molecule has 0 saturated carbocycles. The highest BCUT2D eigenvalue weighted by Crippen LogP contribution is 2.28. The van der Waals surface area contributed by atoms with Gasteiger partial charge in [0.15, 0.2) is 5.82 Å². The van der Waals surface area contributed by atoms with Crippen LogP contribution in [0.4, 0.5) is 11.5 Å². The van der Waals surface area contributed by atoms with Crippen LogP contribution in [-0.2, 0) is 16.6 Å². The first-order chi connectivity index (χ1) is 9.33. The SMILES string of the molecule is CCn1cc(S(=O)(=O)Nc2cc(Cl)ccc2Cl)c(N)n1. The van der Waals surface area contributed by atoms with Gasteiger partial charge in [0, 0.05) is 17.8 Å². The standard InChI is InChI=1S/C11H12Cl2N4O2S/c1-2-17-6-10(11(14)15-17)20(18,19)16-9-5-7(12)3-4-8(9)13/h3-6,16H,2H2,1H3,(H2,14,15). The summed E-state index contributed by atoms with van der Waals surface area (Å²) in [6.07, 6.45) is 1.36. The highest BCUT2D eigenvalue weighted by atomic mass is 35.5. The van der Waals surface area contributed by atoms with Gasteiger partial charge in [0.25, 0.3) is 10.0 Å². The largest absolute Gasteiger partial charge is 0.381 e. The van der Waals surface area contributed by atoms with E-state index < -0.39 is 10.0 Å². The zero-order chi connectivity index (χ0) is 14.9. The molecular formula is C11H12Cl2N4O2S. The van der Waals surface area contributed by atoms with Crippen molar-refractivity contribution < 1.29 is 8.42 Å². The molecule has 2 aromatic rings. The lowest BCUT2D eigenvalue weighted by Crippen LogP contribution is -2.14. The topological polar surface area (TPSA) is 90.0 Å². The van der Waals surface area contributed by atoms with Gasteiger partial charge in [-0.05, 0) is 25.1 Å². The zero-order valence-electron chi connectivity index (χ0n) is 10.5. The predicted molar refractivity (Wildman–Crippen MR) is 79.6 cm³/mol. The summed E-state index contributed by atoms with van der Waals surface area (Å²) in [6.45, 7) is 2.34. The maximum atomic E-state index is 12.3. The Bertz CT molecular complexity index is 743. The molecule has 0 spiro atoms. The summed E-state index contributed by atoms with van der Waals surface area (Å²) in [5.74, 6) is -0.0718. The molecule has 20 heavy (non-hydrogen) atoms.